The van der Waals surface area contributed by atoms with Gasteiger partial charge < -0.3 is 6.15 Å². The molecule has 0 amide bonds. The fourth-order valence-corrected chi connectivity index (χ4v) is 0. The summed E-state index contributed by atoms with van der Waals surface area (Å²) in [5.74, 6) is 0.556. The number of halogens is 2. The van der Waals surface area contributed by atoms with E-state index in [0.717, 1.165) is 0 Å². The molecule has 0 saturated carbocycles. The molecule has 0 rings (SSSR count). The van der Waals surface area contributed by atoms with Gasteiger partial charge in [-0.2, -0.15) is 0 Å². The van der Waals surface area contributed by atoms with Gasteiger partial charge in [-0.05, 0) is 0 Å². The molecule has 1 nitrogen and oxygen atoms in total. The van der Waals surface area contributed by atoms with Crippen molar-refractivity contribution in [2.24, 2.45) is 0 Å². The molecule has 0 saturated heterocycles. The molecule has 0 radical (unpaired) electrons. The summed E-state index contributed by atoms with van der Waals surface area (Å²) < 4.78 is 0. The van der Waals surface area contributed by atoms with Crippen LogP contribution in [0.5, 0.6) is 0 Å². The molecule has 3 heteroatoms. The summed E-state index contributed by atoms with van der Waals surface area (Å²) in [5.41, 5.74) is 0. The van der Waals surface area contributed by atoms with E-state index in [1.807, 2.05) is 0 Å². The monoisotopic (exact) mass is 144 g/mol. The Kier molecular flexibility index (Phi) is 75.4. The SMILES string of the molecule is C=CCCl.CCl.[NH4+]. The fourth-order valence-electron chi connectivity index (χ4n) is 0. The van der Waals surface area contributed by atoms with E-state index in [9.17, 15) is 0 Å². The molecule has 7 heavy (non-hydrogen) atoms. The minimum Gasteiger partial charge on any atom is -0.369 e. The van der Waals surface area contributed by atoms with Crippen LogP contribution in [-0.4, -0.2) is 12.3 Å². The molecular formula is C4H12Cl2N+. The minimum atomic E-state index is 0. The first kappa shape index (κ1) is 15.7. The lowest BCUT2D eigenvalue weighted by Crippen LogP contribution is -1.45. The van der Waals surface area contributed by atoms with E-state index in [2.05, 4.69) is 18.2 Å². The second kappa shape index (κ2) is 33.7. The summed E-state index contributed by atoms with van der Waals surface area (Å²) in [4.78, 5) is 0. The lowest BCUT2D eigenvalue weighted by molar-refractivity contribution is 1.80. The largest absolute Gasteiger partial charge is 0.369 e. The van der Waals surface area contributed by atoms with Gasteiger partial charge in [0, 0.05) is 12.3 Å². The third-order valence-corrected chi connectivity index (χ3v) is 0.327. The van der Waals surface area contributed by atoms with Gasteiger partial charge in [-0.15, -0.1) is 29.8 Å². The molecule has 0 aliphatic rings. The molecule has 0 aromatic heterocycles. The molecule has 0 unspecified atom stereocenters. The number of allylic oxidation sites excluding steroid dienone is 1. The van der Waals surface area contributed by atoms with E-state index < -0.39 is 0 Å². The topological polar surface area (TPSA) is 36.5 Å². The van der Waals surface area contributed by atoms with Gasteiger partial charge in [0.15, 0.2) is 0 Å². The zero-order chi connectivity index (χ0) is 5.41. The predicted octanol–water partition coefficient (Wildman–Crippen LogP) is 2.64. The third-order valence-electron chi connectivity index (χ3n) is 0.109. The number of hydrogen-bond donors (Lipinski definition) is 1. The Balaban J connectivity index is -0.0000000480. The van der Waals surface area contributed by atoms with Crippen LogP contribution in [0.4, 0.5) is 0 Å². The van der Waals surface area contributed by atoms with Crippen LogP contribution < -0.4 is 6.15 Å². The van der Waals surface area contributed by atoms with Gasteiger partial charge in [-0.3, -0.25) is 0 Å². The van der Waals surface area contributed by atoms with Crippen molar-refractivity contribution in [1.29, 1.82) is 0 Å². The maximum atomic E-state index is 5.07. The molecule has 46 valence electrons. The van der Waals surface area contributed by atoms with Gasteiger partial charge in [0.05, 0.1) is 0 Å². The van der Waals surface area contributed by atoms with E-state index in [0.29, 0.717) is 5.88 Å². The Bertz CT molecular complexity index is 23.7. The zero-order valence-corrected chi connectivity index (χ0v) is 6.26. The molecular weight excluding hydrogens is 133 g/mol. The van der Waals surface area contributed by atoms with Gasteiger partial charge in [0.2, 0.25) is 0 Å². The summed E-state index contributed by atoms with van der Waals surface area (Å²) in [6.07, 6.45) is 3.11. The molecule has 4 N–H and O–H groups in total. The Morgan fingerprint density at radius 1 is 1.57 bits per heavy atom. The van der Waals surface area contributed by atoms with Gasteiger partial charge in [-0.1, -0.05) is 6.08 Å². The summed E-state index contributed by atoms with van der Waals surface area (Å²) in [5, 5.41) is 0. The predicted molar refractivity (Wildman–Crippen MR) is 38.7 cm³/mol. The molecule has 0 atom stereocenters. The van der Waals surface area contributed by atoms with Gasteiger partial charge in [0.1, 0.15) is 0 Å². The van der Waals surface area contributed by atoms with Crippen LogP contribution in [0.1, 0.15) is 0 Å². The average molecular weight is 145 g/mol. The first-order chi connectivity index (χ1) is 2.91. The molecule has 0 fully saturated rings. The van der Waals surface area contributed by atoms with Crippen molar-refractivity contribution in [2.45, 2.75) is 0 Å². The maximum absolute atomic E-state index is 5.07. The number of alkyl halides is 2. The lowest BCUT2D eigenvalue weighted by Gasteiger charge is -1.55. The Labute approximate surface area is 54.9 Å². The van der Waals surface area contributed by atoms with Crippen LogP contribution in [0.3, 0.4) is 0 Å². The molecule has 0 bridgehead atoms. The number of hydrogen-bond acceptors (Lipinski definition) is 0. The van der Waals surface area contributed by atoms with Crippen LogP contribution in [0, 0.1) is 0 Å². The highest BCUT2D eigenvalue weighted by atomic mass is 35.5. The molecule has 0 spiro atoms. The summed E-state index contributed by atoms with van der Waals surface area (Å²) in [6.45, 7) is 3.35. The zero-order valence-electron chi connectivity index (χ0n) is 4.75. The van der Waals surface area contributed by atoms with Gasteiger partial charge in [-0.25, -0.2) is 0 Å². The van der Waals surface area contributed by atoms with E-state index in [4.69, 9.17) is 11.6 Å². The van der Waals surface area contributed by atoms with Crippen molar-refractivity contribution < 1.29 is 0 Å². The second-order valence-electron chi connectivity index (χ2n) is 0.443. The van der Waals surface area contributed by atoms with Crippen molar-refractivity contribution >= 4 is 23.2 Å². The van der Waals surface area contributed by atoms with E-state index >= 15 is 0 Å². The second-order valence-corrected chi connectivity index (χ2v) is 0.752. The molecule has 0 heterocycles. The van der Waals surface area contributed by atoms with Crippen LogP contribution in [0.25, 0.3) is 0 Å². The fraction of sp³-hybridized carbons (Fsp3) is 0.500. The Hall–Kier alpha value is 0.280. The number of rotatable bonds is 1. The average Bonchev–Trinajstić information content (AvgIpc) is 1.72. The third kappa shape index (κ3) is 70.2. The van der Waals surface area contributed by atoms with Gasteiger partial charge >= 0.3 is 0 Å². The molecule has 0 aliphatic heterocycles. The molecule has 0 aliphatic carbocycles. The van der Waals surface area contributed by atoms with Crippen LogP contribution in [-0.2, 0) is 0 Å². The minimum absolute atomic E-state index is 0. The van der Waals surface area contributed by atoms with Crippen molar-refractivity contribution in [3.05, 3.63) is 12.7 Å². The molecule has 0 aromatic rings. The first-order valence-electron chi connectivity index (χ1n) is 1.46. The maximum Gasteiger partial charge on any atom is 0.0401 e. The summed E-state index contributed by atoms with van der Waals surface area (Å²) >= 11 is 9.71. The first-order valence-corrected chi connectivity index (χ1v) is 2.75. The van der Waals surface area contributed by atoms with Crippen LogP contribution in [0.2, 0.25) is 0 Å². The van der Waals surface area contributed by atoms with E-state index in [1.54, 1.807) is 6.08 Å². The van der Waals surface area contributed by atoms with Crippen molar-refractivity contribution in [2.75, 3.05) is 12.3 Å². The Morgan fingerprint density at radius 2 is 1.71 bits per heavy atom. The van der Waals surface area contributed by atoms with Crippen molar-refractivity contribution in [3.8, 4) is 0 Å². The molecule has 0 aromatic carbocycles. The Morgan fingerprint density at radius 3 is 1.71 bits per heavy atom. The van der Waals surface area contributed by atoms with Crippen molar-refractivity contribution in [1.82, 2.24) is 6.15 Å². The highest BCUT2D eigenvalue weighted by Gasteiger charge is 1.48. The van der Waals surface area contributed by atoms with E-state index in [1.165, 1.54) is 6.38 Å². The summed E-state index contributed by atoms with van der Waals surface area (Å²) in [7, 11) is 0. The summed E-state index contributed by atoms with van der Waals surface area (Å²) in [6, 6.07) is 0. The van der Waals surface area contributed by atoms with E-state index in [-0.39, 0.29) is 6.15 Å². The quantitative estimate of drug-likeness (QED) is 0.435. The lowest BCUT2D eigenvalue weighted by atomic mass is 10.8. The van der Waals surface area contributed by atoms with Crippen LogP contribution >= 0.6 is 23.2 Å². The highest BCUT2D eigenvalue weighted by molar-refractivity contribution is 6.18. The number of quaternary nitrogens is 1. The van der Waals surface area contributed by atoms with Crippen molar-refractivity contribution in [3.63, 3.8) is 0 Å². The van der Waals surface area contributed by atoms with Crippen LogP contribution in [0.15, 0.2) is 12.7 Å². The normalized spacial score (nSPS) is 4.43. The van der Waals surface area contributed by atoms with Gasteiger partial charge in [0.25, 0.3) is 0 Å². The highest BCUT2D eigenvalue weighted by Crippen LogP contribution is 1.67. The standard InChI is InChI=1S/C3H5Cl.CH3Cl.H3N/c1-2-3-4;1-2;/h2H,1,3H2;1H3;1H3/p+1. The smallest absolute Gasteiger partial charge is 0.0401 e.